The van der Waals surface area contributed by atoms with E-state index >= 15 is 0 Å². The maximum atomic E-state index is 12.8. The number of esters is 1. The average Bonchev–Trinajstić information content (AvgIpc) is 2.67. The van der Waals surface area contributed by atoms with Crippen LogP contribution in [-0.2, 0) is 9.53 Å². The highest BCUT2D eigenvalue weighted by molar-refractivity contribution is 5.93. The summed E-state index contributed by atoms with van der Waals surface area (Å²) < 4.78 is 5.49. The number of carbonyl (C=O) groups is 2. The van der Waals surface area contributed by atoms with Gasteiger partial charge in [-0.25, -0.2) is 4.79 Å². The van der Waals surface area contributed by atoms with Crippen LogP contribution in [0.15, 0.2) is 48.5 Å². The molecule has 0 aliphatic heterocycles. The van der Waals surface area contributed by atoms with Crippen LogP contribution in [0.3, 0.4) is 0 Å². The molecule has 2 aromatic carbocycles. The van der Waals surface area contributed by atoms with Gasteiger partial charge in [0.05, 0.1) is 10.5 Å². The zero-order valence-corrected chi connectivity index (χ0v) is 15.5. The molecule has 0 bridgehead atoms. The Morgan fingerprint density at radius 2 is 1.74 bits per heavy atom. The monoisotopic (exact) mass is 370 g/mol. The van der Waals surface area contributed by atoms with Gasteiger partial charge in [-0.3, -0.25) is 14.9 Å². The smallest absolute Gasteiger partial charge is 0.339 e. The minimum atomic E-state index is -1.11. The van der Waals surface area contributed by atoms with E-state index in [0.29, 0.717) is 24.2 Å². The highest BCUT2D eigenvalue weighted by atomic mass is 16.6. The van der Waals surface area contributed by atoms with Crippen molar-refractivity contribution in [3.8, 4) is 0 Å². The number of hydrogen-bond donors (Lipinski definition) is 0. The van der Waals surface area contributed by atoms with E-state index in [1.165, 1.54) is 18.2 Å². The van der Waals surface area contributed by atoms with Crippen LogP contribution < -0.4 is 0 Å². The third kappa shape index (κ3) is 4.69. The van der Waals surface area contributed by atoms with Gasteiger partial charge in [0.25, 0.3) is 11.6 Å². The fourth-order valence-corrected chi connectivity index (χ4v) is 2.70. The molecule has 0 saturated carbocycles. The Labute approximate surface area is 157 Å². The Kier molecular flexibility index (Phi) is 6.65. The number of benzene rings is 2. The van der Waals surface area contributed by atoms with Gasteiger partial charge in [-0.1, -0.05) is 36.4 Å². The van der Waals surface area contributed by atoms with E-state index in [1.54, 1.807) is 42.2 Å². The predicted octanol–water partition coefficient (Wildman–Crippen LogP) is 3.67. The molecule has 0 unspecified atom stereocenters. The number of amides is 1. The topological polar surface area (TPSA) is 89.8 Å². The van der Waals surface area contributed by atoms with E-state index < -0.39 is 17.0 Å². The third-order valence-electron chi connectivity index (χ3n) is 4.27. The Hall–Kier alpha value is -3.22. The van der Waals surface area contributed by atoms with Gasteiger partial charge in [0.2, 0.25) is 6.10 Å². The molecule has 0 saturated heterocycles. The standard InChI is InChI=1S/C20H22N2O5/c1-4-21(5-2)19(23)18(15-9-7-6-8-10-15)27-20(24)16-12-11-14(3)17(13-16)22(25)26/h6-13,18H,4-5H2,1-3H3/t18-/m1/s1. The summed E-state index contributed by atoms with van der Waals surface area (Å²) in [4.78, 5) is 37.6. The summed E-state index contributed by atoms with van der Waals surface area (Å²) in [5.41, 5.74) is 0.844. The van der Waals surface area contributed by atoms with Crippen molar-refractivity contribution in [3.63, 3.8) is 0 Å². The molecule has 7 heteroatoms. The lowest BCUT2D eigenvalue weighted by Crippen LogP contribution is -2.36. The van der Waals surface area contributed by atoms with Gasteiger partial charge in [0.15, 0.2) is 0 Å². The van der Waals surface area contributed by atoms with Crippen molar-refractivity contribution in [3.05, 3.63) is 75.3 Å². The van der Waals surface area contributed by atoms with Crippen molar-refractivity contribution < 1.29 is 19.2 Å². The SMILES string of the molecule is CCN(CC)C(=O)[C@H](OC(=O)c1ccc(C)c([N+](=O)[O-])c1)c1ccccc1. The second-order valence-electron chi connectivity index (χ2n) is 5.96. The first kappa shape index (κ1) is 20.1. The van der Waals surface area contributed by atoms with Crippen LogP contribution in [0.1, 0.15) is 41.4 Å². The first-order chi connectivity index (χ1) is 12.9. The van der Waals surface area contributed by atoms with Crippen LogP contribution in [0.4, 0.5) is 5.69 Å². The van der Waals surface area contributed by atoms with E-state index in [9.17, 15) is 19.7 Å². The van der Waals surface area contributed by atoms with Gasteiger partial charge in [-0.2, -0.15) is 0 Å². The van der Waals surface area contributed by atoms with Crippen LogP contribution >= 0.6 is 0 Å². The van der Waals surface area contributed by atoms with Crippen molar-refractivity contribution in [2.45, 2.75) is 26.9 Å². The summed E-state index contributed by atoms with van der Waals surface area (Å²) in [7, 11) is 0. The van der Waals surface area contributed by atoms with Crippen molar-refractivity contribution in [1.82, 2.24) is 4.90 Å². The minimum Gasteiger partial charge on any atom is -0.444 e. The second kappa shape index (κ2) is 8.93. The van der Waals surface area contributed by atoms with Crippen molar-refractivity contribution in [2.75, 3.05) is 13.1 Å². The first-order valence-electron chi connectivity index (χ1n) is 8.68. The number of nitrogens with zero attached hydrogens (tertiary/aromatic N) is 2. The van der Waals surface area contributed by atoms with Crippen molar-refractivity contribution in [1.29, 1.82) is 0 Å². The van der Waals surface area contributed by atoms with Crippen LogP contribution in [0.5, 0.6) is 0 Å². The molecular formula is C20H22N2O5. The Bertz CT molecular complexity index is 832. The zero-order valence-electron chi connectivity index (χ0n) is 15.5. The summed E-state index contributed by atoms with van der Waals surface area (Å²) >= 11 is 0. The zero-order chi connectivity index (χ0) is 20.0. The summed E-state index contributed by atoms with van der Waals surface area (Å²) in [6, 6.07) is 12.8. The number of nitro groups is 1. The van der Waals surface area contributed by atoms with E-state index in [1.807, 2.05) is 13.8 Å². The molecule has 27 heavy (non-hydrogen) atoms. The molecule has 0 heterocycles. The molecule has 2 rings (SSSR count). The molecule has 0 aliphatic carbocycles. The van der Waals surface area contributed by atoms with Crippen LogP contribution in [-0.4, -0.2) is 34.8 Å². The number of likely N-dealkylation sites (N-methyl/N-ethyl adjacent to an activating group) is 1. The molecule has 0 spiro atoms. The van der Waals surface area contributed by atoms with E-state index in [0.717, 1.165) is 0 Å². The van der Waals surface area contributed by atoms with Gasteiger partial charge in [-0.15, -0.1) is 0 Å². The van der Waals surface area contributed by atoms with Crippen LogP contribution in [0, 0.1) is 17.0 Å². The van der Waals surface area contributed by atoms with Gasteiger partial charge < -0.3 is 9.64 Å². The van der Waals surface area contributed by atoms with E-state index in [-0.39, 0.29) is 17.2 Å². The first-order valence-corrected chi connectivity index (χ1v) is 8.68. The maximum Gasteiger partial charge on any atom is 0.339 e. The number of nitro benzene ring substituents is 1. The van der Waals surface area contributed by atoms with Gasteiger partial charge >= 0.3 is 5.97 Å². The fourth-order valence-electron chi connectivity index (χ4n) is 2.70. The molecule has 2 aromatic rings. The Morgan fingerprint density at radius 1 is 1.11 bits per heavy atom. The lowest BCUT2D eigenvalue weighted by atomic mass is 10.1. The fraction of sp³-hybridized carbons (Fsp3) is 0.300. The van der Waals surface area contributed by atoms with Crippen molar-refractivity contribution >= 4 is 17.6 Å². The highest BCUT2D eigenvalue weighted by Gasteiger charge is 2.29. The van der Waals surface area contributed by atoms with Gasteiger partial charge in [-0.05, 0) is 26.8 Å². The molecule has 142 valence electrons. The molecule has 1 atom stereocenters. The summed E-state index contributed by atoms with van der Waals surface area (Å²) in [5, 5.41) is 11.1. The van der Waals surface area contributed by atoms with E-state index in [2.05, 4.69) is 0 Å². The summed E-state index contributed by atoms with van der Waals surface area (Å²) in [6.45, 7) is 6.23. The van der Waals surface area contributed by atoms with Crippen LogP contribution in [0.25, 0.3) is 0 Å². The largest absolute Gasteiger partial charge is 0.444 e. The number of hydrogen-bond acceptors (Lipinski definition) is 5. The Morgan fingerprint density at radius 3 is 2.30 bits per heavy atom. The van der Waals surface area contributed by atoms with Gasteiger partial charge in [0.1, 0.15) is 0 Å². The molecule has 0 aliphatic rings. The lowest BCUT2D eigenvalue weighted by molar-refractivity contribution is -0.385. The molecular weight excluding hydrogens is 348 g/mol. The van der Waals surface area contributed by atoms with Crippen molar-refractivity contribution in [2.24, 2.45) is 0 Å². The molecule has 0 radical (unpaired) electrons. The Balaban J connectivity index is 2.35. The molecule has 7 nitrogen and oxygen atoms in total. The highest BCUT2D eigenvalue weighted by Crippen LogP contribution is 2.24. The second-order valence-corrected chi connectivity index (χ2v) is 5.96. The minimum absolute atomic E-state index is 0.0283. The number of rotatable bonds is 7. The lowest BCUT2D eigenvalue weighted by Gasteiger charge is -2.25. The summed E-state index contributed by atoms with van der Waals surface area (Å²) in [6.07, 6.45) is -1.11. The summed E-state index contributed by atoms with van der Waals surface area (Å²) in [5.74, 6) is -1.12. The maximum absolute atomic E-state index is 12.8. The number of ether oxygens (including phenoxy) is 1. The third-order valence-corrected chi connectivity index (χ3v) is 4.27. The average molecular weight is 370 g/mol. The number of carbonyl (C=O) groups excluding carboxylic acids is 2. The molecule has 0 fully saturated rings. The molecule has 0 N–H and O–H groups in total. The molecule has 0 aromatic heterocycles. The van der Waals surface area contributed by atoms with E-state index in [4.69, 9.17) is 4.74 Å². The predicted molar refractivity (Wildman–Crippen MR) is 100 cm³/mol. The van der Waals surface area contributed by atoms with Crippen LogP contribution in [0.2, 0.25) is 0 Å². The molecule has 1 amide bonds. The quantitative estimate of drug-likeness (QED) is 0.421. The normalized spacial score (nSPS) is 11.5. The number of aryl methyl sites for hydroxylation is 1. The van der Waals surface area contributed by atoms with Gasteiger partial charge in [0, 0.05) is 30.3 Å².